The Morgan fingerprint density at radius 1 is 0.696 bits per heavy atom. The Balaban J connectivity index is 0.000000403. The molecule has 0 spiro atoms. The standard InChI is InChI=1S/2C5H4N2O4.Fe/c2*8-3-1-2(4(9)10)6-5(11)7-3;/h2*1H,(H,9,10)(H2,6,7,8,11);/q;;+2/p-2. The van der Waals surface area contributed by atoms with Gasteiger partial charge >= 0.3 is 28.4 Å². The molecule has 0 saturated heterocycles. The number of carbonyl (C=O) groups is 2. The van der Waals surface area contributed by atoms with E-state index in [4.69, 9.17) is 0 Å². The van der Waals surface area contributed by atoms with Crippen molar-refractivity contribution in [3.63, 3.8) is 0 Å². The molecule has 2 aromatic rings. The SMILES string of the molecule is O=C([O-])c1cc(=O)[nH]c(=O)[nH]1.O=C([O-])c1cc(=O)[nH]c(=O)[nH]1.[Fe+2]. The number of hydrogen-bond donors (Lipinski definition) is 4. The third-order valence-electron chi connectivity index (χ3n) is 1.96. The number of aromatic amines is 4. The molecule has 23 heavy (non-hydrogen) atoms. The van der Waals surface area contributed by atoms with Crippen LogP contribution in [0.2, 0.25) is 0 Å². The van der Waals surface area contributed by atoms with Crippen LogP contribution in [0.3, 0.4) is 0 Å². The van der Waals surface area contributed by atoms with Gasteiger partial charge in [0.1, 0.15) is 0 Å². The van der Waals surface area contributed by atoms with Crippen LogP contribution in [0.4, 0.5) is 0 Å². The Kier molecular flexibility index (Phi) is 7.16. The summed E-state index contributed by atoms with van der Waals surface area (Å²) in [6.45, 7) is 0. The normalized spacial score (nSPS) is 9.04. The molecule has 0 bridgehead atoms. The van der Waals surface area contributed by atoms with E-state index < -0.39 is 45.8 Å². The first-order chi connectivity index (χ1) is 10.2. The molecule has 2 heterocycles. The summed E-state index contributed by atoms with van der Waals surface area (Å²) in [5.41, 5.74) is -4.33. The number of rotatable bonds is 2. The van der Waals surface area contributed by atoms with Crippen LogP contribution in [0.25, 0.3) is 0 Å². The third kappa shape index (κ3) is 6.41. The van der Waals surface area contributed by atoms with Crippen molar-refractivity contribution in [2.75, 3.05) is 0 Å². The maximum atomic E-state index is 10.4. The maximum Gasteiger partial charge on any atom is 2.00 e. The van der Waals surface area contributed by atoms with Crippen LogP contribution in [0.15, 0.2) is 31.3 Å². The summed E-state index contributed by atoms with van der Waals surface area (Å²) in [4.78, 5) is 69.2. The topological polar surface area (TPSA) is 212 Å². The van der Waals surface area contributed by atoms with Gasteiger partial charge in [0.15, 0.2) is 0 Å². The predicted molar refractivity (Wildman–Crippen MR) is 64.0 cm³/mol. The Labute approximate surface area is 134 Å². The van der Waals surface area contributed by atoms with Gasteiger partial charge in [-0.05, 0) is 0 Å². The van der Waals surface area contributed by atoms with Gasteiger partial charge in [0.05, 0.1) is 23.3 Å². The summed E-state index contributed by atoms with van der Waals surface area (Å²) in [7, 11) is 0. The molecule has 0 aliphatic rings. The third-order valence-corrected chi connectivity index (χ3v) is 1.96. The largest absolute Gasteiger partial charge is 2.00 e. The first kappa shape index (κ1) is 19.8. The van der Waals surface area contributed by atoms with E-state index in [2.05, 4.69) is 0 Å². The minimum atomic E-state index is -1.59. The summed E-state index contributed by atoms with van der Waals surface area (Å²) in [6.07, 6.45) is 0. The molecule has 0 amide bonds. The molecular formula is C10H6FeN4O8. The van der Waals surface area contributed by atoms with E-state index in [0.29, 0.717) is 0 Å². The van der Waals surface area contributed by atoms with E-state index in [1.165, 1.54) is 0 Å². The van der Waals surface area contributed by atoms with Gasteiger partial charge in [0.2, 0.25) is 0 Å². The van der Waals surface area contributed by atoms with Gasteiger partial charge in [-0.2, -0.15) is 0 Å². The number of hydrogen-bond acceptors (Lipinski definition) is 8. The van der Waals surface area contributed by atoms with Crippen LogP contribution in [-0.2, 0) is 17.1 Å². The van der Waals surface area contributed by atoms with E-state index in [-0.39, 0.29) is 17.1 Å². The molecule has 2 rings (SSSR count). The quantitative estimate of drug-likeness (QED) is 0.376. The van der Waals surface area contributed by atoms with E-state index in [1.807, 2.05) is 19.9 Å². The molecule has 4 N–H and O–H groups in total. The maximum absolute atomic E-state index is 10.4. The van der Waals surface area contributed by atoms with Crippen molar-refractivity contribution >= 4 is 11.9 Å². The van der Waals surface area contributed by atoms with Crippen molar-refractivity contribution in [2.24, 2.45) is 0 Å². The van der Waals surface area contributed by atoms with Crippen LogP contribution < -0.4 is 32.7 Å². The zero-order valence-electron chi connectivity index (χ0n) is 10.8. The summed E-state index contributed by atoms with van der Waals surface area (Å²) in [5.74, 6) is -3.18. The second kappa shape index (κ2) is 8.31. The second-order valence-corrected chi connectivity index (χ2v) is 3.58. The molecule has 13 heteroatoms. The fraction of sp³-hybridized carbons (Fsp3) is 0. The van der Waals surface area contributed by atoms with Crippen molar-refractivity contribution in [2.45, 2.75) is 0 Å². The van der Waals surface area contributed by atoms with Gasteiger partial charge in [-0.1, -0.05) is 0 Å². The second-order valence-electron chi connectivity index (χ2n) is 3.58. The van der Waals surface area contributed by atoms with Gasteiger partial charge in [-0.3, -0.25) is 19.6 Å². The summed E-state index contributed by atoms with van der Waals surface area (Å²) in [5, 5.41) is 20.1. The molecular weight excluding hydrogens is 360 g/mol. The smallest absolute Gasteiger partial charge is 0.543 e. The molecule has 0 fully saturated rings. The van der Waals surface area contributed by atoms with E-state index in [9.17, 15) is 39.0 Å². The Morgan fingerprint density at radius 3 is 1.22 bits per heavy atom. The molecule has 0 radical (unpaired) electrons. The van der Waals surface area contributed by atoms with Crippen molar-refractivity contribution in [1.29, 1.82) is 0 Å². The van der Waals surface area contributed by atoms with Crippen molar-refractivity contribution in [1.82, 2.24) is 19.9 Å². The number of H-pyrrole nitrogens is 4. The van der Waals surface area contributed by atoms with Crippen molar-refractivity contribution < 1.29 is 36.9 Å². The Bertz CT molecular complexity index is 803. The summed E-state index contributed by atoms with van der Waals surface area (Å²) >= 11 is 0. The van der Waals surface area contributed by atoms with E-state index in [1.54, 1.807) is 0 Å². The Hall–Kier alpha value is -3.18. The zero-order chi connectivity index (χ0) is 16.9. The van der Waals surface area contributed by atoms with E-state index in [0.717, 1.165) is 12.1 Å². The van der Waals surface area contributed by atoms with Gasteiger partial charge in [-0.25, -0.2) is 9.59 Å². The Morgan fingerprint density at radius 2 is 1.00 bits per heavy atom. The van der Waals surface area contributed by atoms with Gasteiger partial charge < -0.3 is 29.8 Å². The minimum Gasteiger partial charge on any atom is -0.543 e. The van der Waals surface area contributed by atoms with Gasteiger partial charge in [0.25, 0.3) is 11.1 Å². The number of aromatic nitrogens is 4. The molecule has 0 saturated carbocycles. The number of carbonyl (C=O) groups excluding carboxylic acids is 2. The number of nitrogens with one attached hydrogen (secondary N) is 4. The van der Waals surface area contributed by atoms with Crippen LogP contribution >= 0.6 is 0 Å². The summed E-state index contributed by atoms with van der Waals surface area (Å²) in [6, 6.07) is 1.47. The average molecular weight is 366 g/mol. The van der Waals surface area contributed by atoms with E-state index >= 15 is 0 Å². The fourth-order valence-corrected chi connectivity index (χ4v) is 1.16. The first-order valence-corrected chi connectivity index (χ1v) is 5.29. The van der Waals surface area contributed by atoms with Crippen LogP contribution in [0, 0.1) is 0 Å². The molecule has 122 valence electrons. The first-order valence-electron chi connectivity index (χ1n) is 5.29. The molecule has 0 unspecified atom stereocenters. The molecule has 0 atom stereocenters. The predicted octanol–water partition coefficient (Wildman–Crippen LogP) is -5.15. The molecule has 0 aliphatic carbocycles. The van der Waals surface area contributed by atoms with Gasteiger partial charge in [-0.15, -0.1) is 0 Å². The summed E-state index contributed by atoms with van der Waals surface area (Å²) < 4.78 is 0. The average Bonchev–Trinajstić information content (AvgIpc) is 2.37. The molecule has 12 nitrogen and oxygen atoms in total. The molecule has 0 aliphatic heterocycles. The molecule has 0 aromatic carbocycles. The van der Waals surface area contributed by atoms with Crippen molar-refractivity contribution in [3.05, 3.63) is 65.2 Å². The van der Waals surface area contributed by atoms with Crippen LogP contribution in [0.5, 0.6) is 0 Å². The van der Waals surface area contributed by atoms with Crippen LogP contribution in [-0.4, -0.2) is 31.9 Å². The van der Waals surface area contributed by atoms with Crippen molar-refractivity contribution in [3.8, 4) is 0 Å². The van der Waals surface area contributed by atoms with Gasteiger partial charge in [0, 0.05) is 12.1 Å². The monoisotopic (exact) mass is 366 g/mol. The number of carboxylic acid groups (broad SMARTS) is 2. The number of carboxylic acids is 2. The fourth-order valence-electron chi connectivity index (χ4n) is 1.16. The minimum absolute atomic E-state index is 0. The van der Waals surface area contributed by atoms with Crippen LogP contribution in [0.1, 0.15) is 21.0 Å². The zero-order valence-corrected chi connectivity index (χ0v) is 11.9. The molecule has 2 aromatic heterocycles. The number of aromatic carboxylic acids is 2.